The average molecular weight is 117 g/mol. The molecule has 1 heterocycles. The summed E-state index contributed by atoms with van der Waals surface area (Å²) >= 11 is 4.46. The van der Waals surface area contributed by atoms with E-state index in [2.05, 4.69) is 23.5 Å². The molecule has 5 heteroatoms. The van der Waals surface area contributed by atoms with Gasteiger partial charge < -0.3 is 12.8 Å². The summed E-state index contributed by atoms with van der Waals surface area (Å²) in [5.41, 5.74) is 2.18. The van der Waals surface area contributed by atoms with E-state index in [1.54, 1.807) is 0 Å². The van der Waals surface area contributed by atoms with Gasteiger partial charge in [0.15, 0.2) is 6.54 Å². The van der Waals surface area contributed by atoms with Gasteiger partial charge in [0, 0.05) is 0 Å². The Labute approximate surface area is 45.7 Å². The van der Waals surface area contributed by atoms with Gasteiger partial charge in [-0.3, -0.25) is 4.10 Å². The largest absolute Gasteiger partial charge is 0.533 e. The normalized spacial score (nSPS) is 18.9. The van der Waals surface area contributed by atoms with E-state index < -0.39 is 0 Å². The van der Waals surface area contributed by atoms with Crippen LogP contribution in [0.5, 0.6) is 0 Å². The molecule has 1 rings (SSSR count). The van der Waals surface area contributed by atoms with E-state index in [9.17, 15) is 4.79 Å². The molecule has 0 aliphatic carbocycles. The Morgan fingerprint density at radius 3 is 2.86 bits per heavy atom. The van der Waals surface area contributed by atoms with Crippen molar-refractivity contribution in [2.24, 2.45) is 5.22 Å². The molecule has 0 aromatic heterocycles. The molecular formula is C2H3N3OS. The van der Waals surface area contributed by atoms with Crippen molar-refractivity contribution >= 4 is 18.7 Å². The molecular weight excluding hydrogens is 114 g/mol. The van der Waals surface area contributed by atoms with Crippen LogP contribution in [0.1, 0.15) is 0 Å². The number of rotatable bonds is 0. The van der Waals surface area contributed by atoms with Crippen molar-refractivity contribution in [1.29, 1.82) is 0 Å². The van der Waals surface area contributed by atoms with Crippen molar-refractivity contribution in [1.82, 2.24) is 5.43 Å². The number of carbonyl (C=O) groups is 1. The van der Waals surface area contributed by atoms with E-state index in [-0.39, 0.29) is 12.5 Å². The minimum absolute atomic E-state index is 0.144. The zero-order valence-electron chi connectivity index (χ0n) is 3.42. The van der Waals surface area contributed by atoms with Crippen molar-refractivity contribution in [2.75, 3.05) is 6.54 Å². The molecule has 1 aliphatic rings. The lowest BCUT2D eigenvalue weighted by Crippen LogP contribution is -2.14. The fraction of sp³-hybridized carbons (Fsp3) is 0.500. The van der Waals surface area contributed by atoms with E-state index in [0.717, 1.165) is 4.10 Å². The molecule has 7 heavy (non-hydrogen) atoms. The molecule has 0 fully saturated rings. The fourth-order valence-corrected chi connectivity index (χ4v) is 0.463. The maximum Gasteiger partial charge on any atom is 0.369 e. The molecule has 0 atom stereocenters. The number of amides is 1. The number of nitrogens with zero attached hydrogens (tertiary/aromatic N) is 2. The third kappa shape index (κ3) is 0.833. The lowest BCUT2D eigenvalue weighted by Gasteiger charge is -1.89. The molecule has 1 aliphatic heterocycles. The molecule has 0 saturated heterocycles. The van der Waals surface area contributed by atoms with Gasteiger partial charge in [0.1, 0.15) is 0 Å². The standard InChI is InChI=1S/C2H3N3OS/c6-2-1-5(7)4-3-2/h1H2,(H,3,6). The highest BCUT2D eigenvalue weighted by atomic mass is 32.1. The van der Waals surface area contributed by atoms with Crippen LogP contribution in [0.15, 0.2) is 5.22 Å². The Morgan fingerprint density at radius 1 is 2.00 bits per heavy atom. The molecule has 0 aromatic rings. The van der Waals surface area contributed by atoms with Gasteiger partial charge in [-0.2, -0.15) is 0 Å². The fourth-order valence-electron chi connectivity index (χ4n) is 0.305. The number of hydrogen-bond donors (Lipinski definition) is 1. The highest BCUT2D eigenvalue weighted by Gasteiger charge is 2.12. The molecule has 38 valence electrons. The van der Waals surface area contributed by atoms with Gasteiger partial charge in [-0.1, -0.05) is 0 Å². The zero-order valence-corrected chi connectivity index (χ0v) is 4.23. The van der Waals surface area contributed by atoms with Gasteiger partial charge in [0.25, 0.3) is 0 Å². The van der Waals surface area contributed by atoms with Crippen LogP contribution >= 0.6 is 0 Å². The summed E-state index contributed by atoms with van der Waals surface area (Å²) in [6.45, 7) is 0.204. The third-order valence-corrected chi connectivity index (χ3v) is 0.776. The first-order valence-corrected chi connectivity index (χ1v) is 2.10. The van der Waals surface area contributed by atoms with Crippen LogP contribution in [0.2, 0.25) is 0 Å². The van der Waals surface area contributed by atoms with Crippen molar-refractivity contribution in [3.05, 3.63) is 0 Å². The number of hydrogen-bond acceptors (Lipinski definition) is 3. The van der Waals surface area contributed by atoms with E-state index >= 15 is 0 Å². The average Bonchev–Trinajstić information content (AvgIpc) is 1.87. The van der Waals surface area contributed by atoms with Gasteiger partial charge in [-0.15, -0.1) is 5.43 Å². The number of carbonyl (C=O) groups excluding carboxylic acids is 1. The molecule has 1 amide bonds. The zero-order chi connectivity index (χ0) is 5.28. The monoisotopic (exact) mass is 117 g/mol. The summed E-state index contributed by atoms with van der Waals surface area (Å²) in [4.78, 5) is 10.1. The summed E-state index contributed by atoms with van der Waals surface area (Å²) in [6, 6.07) is 0. The maximum absolute atomic E-state index is 10.1. The second-order valence-electron chi connectivity index (χ2n) is 1.15. The van der Waals surface area contributed by atoms with Crippen LogP contribution in [0.4, 0.5) is 0 Å². The van der Waals surface area contributed by atoms with Crippen LogP contribution in [-0.2, 0) is 17.6 Å². The second-order valence-corrected chi connectivity index (χ2v) is 1.57. The maximum atomic E-state index is 10.1. The first-order valence-electron chi connectivity index (χ1n) is 1.73. The Morgan fingerprint density at radius 2 is 2.71 bits per heavy atom. The van der Waals surface area contributed by atoms with Crippen LogP contribution in [0.25, 0.3) is 0 Å². The molecule has 0 radical (unpaired) electrons. The second kappa shape index (κ2) is 1.42. The molecule has 0 unspecified atom stereocenters. The van der Waals surface area contributed by atoms with E-state index in [0.29, 0.717) is 0 Å². The first-order chi connectivity index (χ1) is 3.29. The van der Waals surface area contributed by atoms with Gasteiger partial charge >= 0.3 is 5.91 Å². The van der Waals surface area contributed by atoms with Crippen molar-refractivity contribution in [3.8, 4) is 0 Å². The van der Waals surface area contributed by atoms with Gasteiger partial charge in [0.05, 0.1) is 5.22 Å². The van der Waals surface area contributed by atoms with E-state index in [1.807, 2.05) is 0 Å². The molecule has 0 spiro atoms. The van der Waals surface area contributed by atoms with E-state index in [4.69, 9.17) is 0 Å². The minimum Gasteiger partial charge on any atom is -0.533 e. The van der Waals surface area contributed by atoms with Gasteiger partial charge in [-0.05, 0) is 0 Å². The molecule has 0 saturated carbocycles. The Kier molecular flexibility index (Phi) is 0.900. The van der Waals surface area contributed by atoms with Crippen LogP contribution in [0, 0.1) is 0 Å². The predicted molar refractivity (Wildman–Crippen MR) is 23.1 cm³/mol. The van der Waals surface area contributed by atoms with Gasteiger partial charge in [0.2, 0.25) is 0 Å². The highest BCUT2D eigenvalue weighted by molar-refractivity contribution is 7.51. The summed E-state index contributed by atoms with van der Waals surface area (Å²) in [5.74, 6) is -0.144. The molecule has 4 nitrogen and oxygen atoms in total. The summed E-state index contributed by atoms with van der Waals surface area (Å²) in [6.07, 6.45) is 0. The van der Waals surface area contributed by atoms with Crippen molar-refractivity contribution in [2.45, 2.75) is 0 Å². The lowest BCUT2D eigenvalue weighted by molar-refractivity contribution is -0.402. The van der Waals surface area contributed by atoms with E-state index in [1.165, 1.54) is 0 Å². The van der Waals surface area contributed by atoms with Crippen LogP contribution < -0.4 is 5.43 Å². The minimum atomic E-state index is -0.144. The van der Waals surface area contributed by atoms with Crippen LogP contribution in [-0.4, -0.2) is 16.6 Å². The topological polar surface area (TPSA) is 44.5 Å². The summed E-state index contributed by atoms with van der Waals surface area (Å²) in [5, 5.41) is 3.37. The summed E-state index contributed by atoms with van der Waals surface area (Å²) < 4.78 is 1.13. The Bertz CT molecular complexity index is 131. The first kappa shape index (κ1) is 4.45. The lowest BCUT2D eigenvalue weighted by atomic mass is 10.7. The number of nitrogens with one attached hydrogen (secondary N) is 1. The SMILES string of the molecule is O=C1C[N+]([S-])=NN1. The predicted octanol–water partition coefficient (Wildman–Crippen LogP) is -1.04. The van der Waals surface area contributed by atoms with Gasteiger partial charge in [-0.25, -0.2) is 4.79 Å². The molecule has 1 N–H and O–H groups in total. The highest BCUT2D eigenvalue weighted by Crippen LogP contribution is 1.80. The third-order valence-electron chi connectivity index (χ3n) is 0.565. The smallest absolute Gasteiger partial charge is 0.369 e. The van der Waals surface area contributed by atoms with Crippen molar-refractivity contribution < 1.29 is 8.90 Å². The Balaban J connectivity index is 2.58. The molecule has 0 bridgehead atoms. The van der Waals surface area contributed by atoms with Crippen LogP contribution in [0.3, 0.4) is 0 Å². The Hall–Kier alpha value is -0.710. The molecule has 0 aromatic carbocycles. The quantitative estimate of drug-likeness (QED) is 0.325. The van der Waals surface area contributed by atoms with Crippen molar-refractivity contribution in [3.63, 3.8) is 0 Å². The summed E-state index contributed by atoms with van der Waals surface area (Å²) in [7, 11) is 0.